The molecule has 0 aliphatic carbocycles. The summed E-state index contributed by atoms with van der Waals surface area (Å²) in [6.07, 6.45) is 1.82. The molecule has 20 heavy (non-hydrogen) atoms. The second kappa shape index (κ2) is 4.67. The van der Waals surface area contributed by atoms with E-state index in [1.54, 1.807) is 13.2 Å². The minimum Gasteiger partial charge on any atom is -0.497 e. The number of nitrogens with two attached hydrogens (primary N) is 1. The minimum absolute atomic E-state index is 0.132. The van der Waals surface area contributed by atoms with Gasteiger partial charge in [0, 0.05) is 23.5 Å². The van der Waals surface area contributed by atoms with Crippen molar-refractivity contribution in [2.45, 2.75) is 5.92 Å². The summed E-state index contributed by atoms with van der Waals surface area (Å²) < 4.78 is 10.7. The zero-order valence-electron chi connectivity index (χ0n) is 10.9. The highest BCUT2D eigenvalue weighted by Gasteiger charge is 2.31. The summed E-state index contributed by atoms with van der Waals surface area (Å²) in [5.41, 5.74) is 8.07. The Bertz CT molecular complexity index is 711. The molecule has 1 atom stereocenters. The maximum atomic E-state index is 9.35. The number of H-pyrrole nitrogens is 1. The Balaban J connectivity index is 2.19. The van der Waals surface area contributed by atoms with Gasteiger partial charge in [-0.25, -0.2) is 0 Å². The molecule has 0 bridgehead atoms. The van der Waals surface area contributed by atoms with E-state index in [9.17, 15) is 5.26 Å². The number of hydrogen-bond acceptors (Lipinski definition) is 4. The highest BCUT2D eigenvalue weighted by molar-refractivity contribution is 5.56. The summed E-state index contributed by atoms with van der Waals surface area (Å²) >= 11 is 0. The monoisotopic (exact) mass is 267 g/mol. The zero-order chi connectivity index (χ0) is 14.1. The van der Waals surface area contributed by atoms with Gasteiger partial charge < -0.3 is 20.2 Å². The predicted molar refractivity (Wildman–Crippen MR) is 73.1 cm³/mol. The summed E-state index contributed by atoms with van der Waals surface area (Å²) in [5.74, 6) is 1.18. The number of aromatic amines is 1. The van der Waals surface area contributed by atoms with Crippen molar-refractivity contribution in [3.8, 4) is 17.6 Å². The molecular weight excluding hydrogens is 254 g/mol. The number of methoxy groups -OCH3 is 1. The number of nitriles is 1. The molecule has 2 heterocycles. The molecule has 5 nitrogen and oxygen atoms in total. The smallest absolute Gasteiger partial charge is 0.205 e. The van der Waals surface area contributed by atoms with Crippen LogP contribution < -0.4 is 15.2 Å². The number of rotatable bonds is 2. The molecule has 3 rings (SSSR count). The third-order valence-electron chi connectivity index (χ3n) is 3.36. The highest BCUT2D eigenvalue weighted by Crippen LogP contribution is 2.42. The van der Waals surface area contributed by atoms with E-state index in [4.69, 9.17) is 15.2 Å². The van der Waals surface area contributed by atoms with E-state index in [1.807, 2.05) is 30.5 Å². The van der Waals surface area contributed by atoms with E-state index in [1.165, 1.54) is 0 Å². The Morgan fingerprint density at radius 1 is 1.40 bits per heavy atom. The molecule has 0 spiro atoms. The number of aromatic nitrogens is 1. The first-order valence-corrected chi connectivity index (χ1v) is 6.13. The fraction of sp³-hybridized carbons (Fsp3) is 0.133. The van der Waals surface area contributed by atoms with Crippen molar-refractivity contribution in [3.05, 3.63) is 59.2 Å². The van der Waals surface area contributed by atoms with Crippen molar-refractivity contribution in [1.82, 2.24) is 4.98 Å². The van der Waals surface area contributed by atoms with E-state index >= 15 is 0 Å². The number of ether oxygens (including phenoxy) is 2. The Kier molecular flexibility index (Phi) is 2.84. The molecule has 5 heteroatoms. The molecule has 0 amide bonds. The van der Waals surface area contributed by atoms with E-state index < -0.39 is 0 Å². The topological polar surface area (TPSA) is 84.1 Å². The quantitative estimate of drug-likeness (QED) is 0.874. The summed E-state index contributed by atoms with van der Waals surface area (Å²) in [5, 5.41) is 9.35. The van der Waals surface area contributed by atoms with Crippen molar-refractivity contribution in [1.29, 1.82) is 5.26 Å². The van der Waals surface area contributed by atoms with Gasteiger partial charge in [-0.15, -0.1) is 0 Å². The van der Waals surface area contributed by atoms with Gasteiger partial charge in [-0.2, -0.15) is 5.26 Å². The van der Waals surface area contributed by atoms with Crippen molar-refractivity contribution >= 4 is 0 Å². The van der Waals surface area contributed by atoms with E-state index in [0.29, 0.717) is 17.1 Å². The van der Waals surface area contributed by atoms with Gasteiger partial charge in [0.1, 0.15) is 23.1 Å². The molecule has 0 unspecified atom stereocenters. The van der Waals surface area contributed by atoms with Gasteiger partial charge >= 0.3 is 0 Å². The first-order chi connectivity index (χ1) is 9.74. The van der Waals surface area contributed by atoms with E-state index in [2.05, 4.69) is 11.1 Å². The van der Waals surface area contributed by atoms with Crippen LogP contribution in [0.2, 0.25) is 0 Å². The molecule has 1 aliphatic rings. The molecule has 0 fully saturated rings. The van der Waals surface area contributed by atoms with Crippen molar-refractivity contribution in [2.75, 3.05) is 7.11 Å². The SMILES string of the molecule is COc1ccc2c(c1)OC(N)=C(C#N)[C@@H]2c1ccc[nH]1. The van der Waals surface area contributed by atoms with Gasteiger partial charge in [0.15, 0.2) is 0 Å². The second-order valence-electron chi connectivity index (χ2n) is 4.45. The third kappa shape index (κ3) is 1.79. The zero-order valence-corrected chi connectivity index (χ0v) is 10.9. The number of allylic oxidation sites excluding steroid dienone is 1. The average Bonchev–Trinajstić information content (AvgIpc) is 2.98. The molecule has 2 aromatic rings. The summed E-state index contributed by atoms with van der Waals surface area (Å²) in [7, 11) is 1.59. The van der Waals surface area contributed by atoms with Crippen LogP contribution in [0.1, 0.15) is 17.2 Å². The highest BCUT2D eigenvalue weighted by atomic mass is 16.5. The molecule has 0 saturated heterocycles. The van der Waals surface area contributed by atoms with Gasteiger partial charge in [0.25, 0.3) is 0 Å². The fourth-order valence-electron chi connectivity index (χ4n) is 2.41. The second-order valence-corrected chi connectivity index (χ2v) is 4.45. The number of benzene rings is 1. The molecular formula is C15H13N3O2. The summed E-state index contributed by atoms with van der Waals surface area (Å²) in [6, 6.07) is 11.5. The first kappa shape index (κ1) is 12.2. The molecule has 1 aliphatic heterocycles. The van der Waals surface area contributed by atoms with Crippen LogP contribution in [0.15, 0.2) is 48.0 Å². The number of nitrogens with one attached hydrogen (secondary N) is 1. The Hall–Kier alpha value is -2.87. The standard InChI is InChI=1S/C15H13N3O2/c1-19-9-4-5-10-13(7-9)20-15(17)11(8-16)14(10)12-3-2-6-18-12/h2-7,14,18H,17H2,1H3/t14-/m1/s1. The number of hydrogen-bond donors (Lipinski definition) is 2. The molecule has 3 N–H and O–H groups in total. The van der Waals surface area contributed by atoms with E-state index in [-0.39, 0.29) is 11.8 Å². The van der Waals surface area contributed by atoms with Crippen molar-refractivity contribution < 1.29 is 9.47 Å². The number of fused-ring (bicyclic) bond motifs is 1. The maximum absolute atomic E-state index is 9.35. The Morgan fingerprint density at radius 2 is 2.25 bits per heavy atom. The normalized spacial score (nSPS) is 17.1. The predicted octanol–water partition coefficient (Wildman–Crippen LogP) is 2.24. The van der Waals surface area contributed by atoms with Gasteiger partial charge in [-0.1, -0.05) is 6.07 Å². The van der Waals surface area contributed by atoms with Gasteiger partial charge in [-0.3, -0.25) is 0 Å². The van der Waals surface area contributed by atoms with Gasteiger partial charge in [0.2, 0.25) is 5.88 Å². The van der Waals surface area contributed by atoms with Gasteiger partial charge in [-0.05, 0) is 18.2 Å². The van der Waals surface area contributed by atoms with Crippen LogP contribution in [-0.2, 0) is 0 Å². The van der Waals surface area contributed by atoms with Crippen LogP contribution in [-0.4, -0.2) is 12.1 Å². The maximum Gasteiger partial charge on any atom is 0.205 e. The summed E-state index contributed by atoms with van der Waals surface area (Å²) in [4.78, 5) is 3.13. The van der Waals surface area contributed by atoms with Crippen LogP contribution in [0, 0.1) is 11.3 Å². The lowest BCUT2D eigenvalue weighted by Crippen LogP contribution is -2.21. The molecule has 1 aromatic carbocycles. The molecule has 0 radical (unpaired) electrons. The third-order valence-corrected chi connectivity index (χ3v) is 3.36. The fourth-order valence-corrected chi connectivity index (χ4v) is 2.41. The Labute approximate surface area is 116 Å². The van der Waals surface area contributed by atoms with Crippen LogP contribution >= 0.6 is 0 Å². The lowest BCUT2D eigenvalue weighted by atomic mass is 9.87. The molecule has 1 aromatic heterocycles. The largest absolute Gasteiger partial charge is 0.497 e. The van der Waals surface area contributed by atoms with E-state index in [0.717, 1.165) is 11.3 Å². The van der Waals surface area contributed by atoms with Crippen LogP contribution in [0.3, 0.4) is 0 Å². The lowest BCUT2D eigenvalue weighted by molar-refractivity contribution is 0.380. The molecule has 100 valence electrons. The minimum atomic E-state index is -0.246. The van der Waals surface area contributed by atoms with Crippen LogP contribution in [0.4, 0.5) is 0 Å². The van der Waals surface area contributed by atoms with Gasteiger partial charge in [0.05, 0.1) is 13.0 Å². The first-order valence-electron chi connectivity index (χ1n) is 6.13. The number of nitrogens with zero attached hydrogens (tertiary/aromatic N) is 1. The summed E-state index contributed by atoms with van der Waals surface area (Å²) in [6.45, 7) is 0. The lowest BCUT2D eigenvalue weighted by Gasteiger charge is -2.25. The van der Waals surface area contributed by atoms with Crippen molar-refractivity contribution in [2.24, 2.45) is 5.73 Å². The Morgan fingerprint density at radius 3 is 2.90 bits per heavy atom. The van der Waals surface area contributed by atoms with Crippen LogP contribution in [0.5, 0.6) is 11.5 Å². The molecule has 0 saturated carbocycles. The van der Waals surface area contributed by atoms with Crippen molar-refractivity contribution in [3.63, 3.8) is 0 Å². The van der Waals surface area contributed by atoms with Crippen LogP contribution in [0.25, 0.3) is 0 Å². The average molecular weight is 267 g/mol.